The summed E-state index contributed by atoms with van der Waals surface area (Å²) in [7, 11) is 0. The van der Waals surface area contributed by atoms with E-state index in [-0.39, 0.29) is 12.1 Å². The second-order valence-electron chi connectivity index (χ2n) is 5.59. The predicted molar refractivity (Wildman–Crippen MR) is 60.3 cm³/mol. The SMILES string of the molecule is CC1CC(C)CC(CO)(NC(C)C)C1. The molecule has 1 aliphatic carbocycles. The van der Waals surface area contributed by atoms with Gasteiger partial charge in [0.15, 0.2) is 0 Å². The van der Waals surface area contributed by atoms with Crippen molar-refractivity contribution in [1.29, 1.82) is 0 Å². The highest BCUT2D eigenvalue weighted by atomic mass is 16.3. The molecule has 2 heteroatoms. The van der Waals surface area contributed by atoms with E-state index in [2.05, 4.69) is 33.0 Å². The Hall–Kier alpha value is -0.0800. The van der Waals surface area contributed by atoms with Crippen molar-refractivity contribution in [1.82, 2.24) is 5.32 Å². The Kier molecular flexibility index (Phi) is 3.96. The van der Waals surface area contributed by atoms with Crippen LogP contribution in [-0.4, -0.2) is 23.3 Å². The highest BCUT2D eigenvalue weighted by Gasteiger charge is 2.37. The van der Waals surface area contributed by atoms with Crippen LogP contribution in [-0.2, 0) is 0 Å². The molecule has 2 nitrogen and oxygen atoms in total. The molecular formula is C12H25NO. The van der Waals surface area contributed by atoms with E-state index < -0.39 is 0 Å². The highest BCUT2D eigenvalue weighted by Crippen LogP contribution is 2.35. The maximum absolute atomic E-state index is 9.56. The average Bonchev–Trinajstić information content (AvgIpc) is 2.00. The molecule has 84 valence electrons. The topological polar surface area (TPSA) is 32.3 Å². The van der Waals surface area contributed by atoms with Gasteiger partial charge in [-0.05, 0) is 31.1 Å². The van der Waals surface area contributed by atoms with E-state index in [9.17, 15) is 5.11 Å². The smallest absolute Gasteiger partial charge is 0.0613 e. The van der Waals surface area contributed by atoms with Crippen LogP contribution in [0.5, 0.6) is 0 Å². The first kappa shape index (κ1) is 12.0. The van der Waals surface area contributed by atoms with Gasteiger partial charge < -0.3 is 10.4 Å². The summed E-state index contributed by atoms with van der Waals surface area (Å²) < 4.78 is 0. The lowest BCUT2D eigenvalue weighted by atomic mass is 9.72. The Bertz CT molecular complexity index is 164. The first-order chi connectivity index (χ1) is 6.47. The van der Waals surface area contributed by atoms with Gasteiger partial charge in [-0.15, -0.1) is 0 Å². The molecule has 0 radical (unpaired) electrons. The van der Waals surface area contributed by atoms with Gasteiger partial charge in [0.05, 0.1) is 6.61 Å². The zero-order valence-corrected chi connectivity index (χ0v) is 10.0. The van der Waals surface area contributed by atoms with Crippen molar-refractivity contribution in [3.8, 4) is 0 Å². The van der Waals surface area contributed by atoms with Crippen LogP contribution in [0.25, 0.3) is 0 Å². The molecule has 14 heavy (non-hydrogen) atoms. The first-order valence-corrected chi connectivity index (χ1v) is 5.86. The summed E-state index contributed by atoms with van der Waals surface area (Å²) in [6.45, 7) is 9.17. The lowest BCUT2D eigenvalue weighted by Gasteiger charge is -2.43. The fraction of sp³-hybridized carbons (Fsp3) is 1.00. The molecule has 1 rings (SSSR count). The highest BCUT2D eigenvalue weighted by molar-refractivity contribution is 4.95. The van der Waals surface area contributed by atoms with Gasteiger partial charge in [-0.2, -0.15) is 0 Å². The van der Waals surface area contributed by atoms with Crippen molar-refractivity contribution in [2.75, 3.05) is 6.61 Å². The number of nitrogens with one attached hydrogen (secondary N) is 1. The Labute approximate surface area is 88.1 Å². The Morgan fingerprint density at radius 3 is 2.14 bits per heavy atom. The molecule has 1 aliphatic rings. The molecule has 0 amide bonds. The number of rotatable bonds is 3. The van der Waals surface area contributed by atoms with Crippen LogP contribution in [0.15, 0.2) is 0 Å². The molecule has 2 atom stereocenters. The number of aliphatic hydroxyl groups is 1. The minimum Gasteiger partial charge on any atom is -0.394 e. The standard InChI is InChI=1S/C12H25NO/c1-9(2)13-12(8-14)6-10(3)5-11(4)7-12/h9-11,13-14H,5-8H2,1-4H3. The monoisotopic (exact) mass is 199 g/mol. The van der Waals surface area contributed by atoms with E-state index in [1.807, 2.05) is 0 Å². The van der Waals surface area contributed by atoms with E-state index in [1.165, 1.54) is 6.42 Å². The van der Waals surface area contributed by atoms with E-state index in [4.69, 9.17) is 0 Å². The van der Waals surface area contributed by atoms with E-state index in [0.29, 0.717) is 6.04 Å². The fourth-order valence-electron chi connectivity index (χ4n) is 3.18. The van der Waals surface area contributed by atoms with Gasteiger partial charge in [0.25, 0.3) is 0 Å². The molecule has 0 bridgehead atoms. The minimum absolute atomic E-state index is 0.00868. The van der Waals surface area contributed by atoms with Gasteiger partial charge in [0.1, 0.15) is 0 Å². The number of aliphatic hydroxyl groups excluding tert-OH is 1. The molecule has 2 unspecified atom stereocenters. The van der Waals surface area contributed by atoms with Gasteiger partial charge in [0.2, 0.25) is 0 Å². The van der Waals surface area contributed by atoms with Crippen molar-refractivity contribution in [2.24, 2.45) is 11.8 Å². The van der Waals surface area contributed by atoms with Crippen molar-refractivity contribution in [3.05, 3.63) is 0 Å². The van der Waals surface area contributed by atoms with Gasteiger partial charge in [-0.25, -0.2) is 0 Å². The maximum atomic E-state index is 9.56. The summed E-state index contributed by atoms with van der Waals surface area (Å²) in [6.07, 6.45) is 3.54. The molecule has 0 saturated heterocycles. The molecule has 2 N–H and O–H groups in total. The van der Waals surface area contributed by atoms with Crippen molar-refractivity contribution in [2.45, 2.75) is 58.5 Å². The Balaban J connectivity index is 2.66. The quantitative estimate of drug-likeness (QED) is 0.730. The minimum atomic E-state index is -0.00868. The van der Waals surface area contributed by atoms with Crippen LogP contribution in [0.2, 0.25) is 0 Å². The zero-order chi connectivity index (χ0) is 10.8. The molecule has 1 saturated carbocycles. The van der Waals surface area contributed by atoms with Crippen LogP contribution >= 0.6 is 0 Å². The number of hydrogen-bond donors (Lipinski definition) is 2. The van der Waals surface area contributed by atoms with E-state index in [1.54, 1.807) is 0 Å². The summed E-state index contributed by atoms with van der Waals surface area (Å²) in [4.78, 5) is 0. The Morgan fingerprint density at radius 1 is 1.29 bits per heavy atom. The third-order valence-corrected chi connectivity index (χ3v) is 3.18. The largest absolute Gasteiger partial charge is 0.394 e. The summed E-state index contributed by atoms with van der Waals surface area (Å²) in [5.74, 6) is 1.47. The lowest BCUT2D eigenvalue weighted by Crippen LogP contribution is -2.55. The molecule has 0 spiro atoms. The van der Waals surface area contributed by atoms with Crippen molar-refractivity contribution >= 4 is 0 Å². The second kappa shape index (κ2) is 4.63. The molecular weight excluding hydrogens is 174 g/mol. The average molecular weight is 199 g/mol. The summed E-state index contributed by atoms with van der Waals surface area (Å²) in [5.41, 5.74) is -0.00868. The van der Waals surface area contributed by atoms with E-state index in [0.717, 1.165) is 24.7 Å². The van der Waals surface area contributed by atoms with Crippen molar-refractivity contribution < 1.29 is 5.11 Å². The van der Waals surface area contributed by atoms with Gasteiger partial charge in [-0.1, -0.05) is 27.7 Å². The predicted octanol–water partition coefficient (Wildman–Crippen LogP) is 2.17. The third kappa shape index (κ3) is 2.96. The summed E-state index contributed by atoms with van der Waals surface area (Å²) >= 11 is 0. The molecule has 0 aliphatic heterocycles. The van der Waals surface area contributed by atoms with Crippen LogP contribution in [0.1, 0.15) is 47.0 Å². The molecule has 0 aromatic carbocycles. The Morgan fingerprint density at radius 2 is 1.79 bits per heavy atom. The summed E-state index contributed by atoms with van der Waals surface area (Å²) in [5, 5.41) is 13.1. The molecule has 1 fully saturated rings. The number of hydrogen-bond acceptors (Lipinski definition) is 2. The third-order valence-electron chi connectivity index (χ3n) is 3.18. The maximum Gasteiger partial charge on any atom is 0.0613 e. The van der Waals surface area contributed by atoms with Crippen LogP contribution in [0.3, 0.4) is 0 Å². The first-order valence-electron chi connectivity index (χ1n) is 5.86. The second-order valence-corrected chi connectivity index (χ2v) is 5.59. The van der Waals surface area contributed by atoms with Crippen LogP contribution < -0.4 is 5.32 Å². The zero-order valence-electron chi connectivity index (χ0n) is 10.0. The molecule has 0 aromatic heterocycles. The summed E-state index contributed by atoms with van der Waals surface area (Å²) in [6, 6.07) is 0.458. The van der Waals surface area contributed by atoms with Gasteiger partial charge in [0, 0.05) is 11.6 Å². The lowest BCUT2D eigenvalue weighted by molar-refractivity contribution is 0.0692. The fourth-order valence-corrected chi connectivity index (χ4v) is 3.18. The van der Waals surface area contributed by atoms with E-state index >= 15 is 0 Å². The van der Waals surface area contributed by atoms with Gasteiger partial charge in [-0.3, -0.25) is 0 Å². The molecule has 0 heterocycles. The molecule has 0 aromatic rings. The normalized spacial score (nSPS) is 39.0. The van der Waals surface area contributed by atoms with Crippen LogP contribution in [0.4, 0.5) is 0 Å². The van der Waals surface area contributed by atoms with Crippen molar-refractivity contribution in [3.63, 3.8) is 0 Å². The van der Waals surface area contributed by atoms with Crippen LogP contribution in [0, 0.1) is 11.8 Å². The van der Waals surface area contributed by atoms with Gasteiger partial charge >= 0.3 is 0 Å².